The van der Waals surface area contributed by atoms with Gasteiger partial charge < -0.3 is 10.6 Å². The number of nitro benzene ring substituents is 1. The fraction of sp³-hybridized carbons (Fsp3) is 0. The SMILES string of the molecule is O=C(N/C=C/c1cccc(Br)c1)Nc1cccc([N+](=O)[O-])c1. The molecular formula is C15H12BrN3O3. The van der Waals surface area contributed by atoms with Crippen LogP contribution in [-0.2, 0) is 0 Å². The summed E-state index contributed by atoms with van der Waals surface area (Å²) in [6.45, 7) is 0. The van der Waals surface area contributed by atoms with Gasteiger partial charge in [-0.3, -0.25) is 10.1 Å². The minimum Gasteiger partial charge on any atom is -0.314 e. The molecule has 2 amide bonds. The van der Waals surface area contributed by atoms with E-state index >= 15 is 0 Å². The van der Waals surface area contributed by atoms with E-state index < -0.39 is 11.0 Å². The van der Waals surface area contributed by atoms with Crippen LogP contribution in [0.3, 0.4) is 0 Å². The Hall–Kier alpha value is -2.67. The Bertz CT molecular complexity index is 731. The lowest BCUT2D eigenvalue weighted by Crippen LogP contribution is -2.23. The maximum atomic E-state index is 11.7. The molecule has 0 saturated carbocycles. The maximum Gasteiger partial charge on any atom is 0.323 e. The van der Waals surface area contributed by atoms with Crippen molar-refractivity contribution < 1.29 is 9.72 Å². The van der Waals surface area contributed by atoms with Gasteiger partial charge in [-0.1, -0.05) is 34.1 Å². The van der Waals surface area contributed by atoms with Crippen LogP contribution in [-0.4, -0.2) is 11.0 Å². The number of nitrogens with zero attached hydrogens (tertiary/aromatic N) is 1. The summed E-state index contributed by atoms with van der Waals surface area (Å²) in [4.78, 5) is 21.8. The molecule has 0 aliphatic rings. The lowest BCUT2D eigenvalue weighted by molar-refractivity contribution is -0.384. The topological polar surface area (TPSA) is 84.3 Å². The molecule has 6 nitrogen and oxygen atoms in total. The van der Waals surface area contributed by atoms with E-state index in [4.69, 9.17) is 0 Å². The highest BCUT2D eigenvalue weighted by atomic mass is 79.9. The second kappa shape index (κ2) is 7.37. The number of urea groups is 1. The molecule has 2 aromatic rings. The van der Waals surface area contributed by atoms with Crippen LogP contribution in [0.4, 0.5) is 16.2 Å². The molecule has 0 saturated heterocycles. The summed E-state index contributed by atoms with van der Waals surface area (Å²) in [5.74, 6) is 0. The van der Waals surface area contributed by atoms with Crippen LogP contribution in [0, 0.1) is 10.1 Å². The van der Waals surface area contributed by atoms with E-state index in [1.165, 1.54) is 24.4 Å². The fourth-order valence-electron chi connectivity index (χ4n) is 1.69. The summed E-state index contributed by atoms with van der Waals surface area (Å²) < 4.78 is 0.940. The standard InChI is InChI=1S/C15H12BrN3O3/c16-12-4-1-3-11(9-12)7-8-17-15(20)18-13-5-2-6-14(10-13)19(21)22/h1-10H,(H2,17,18,20)/b8-7+. The summed E-state index contributed by atoms with van der Waals surface area (Å²) in [5.41, 5.74) is 1.19. The van der Waals surface area contributed by atoms with Crippen LogP contribution in [0.25, 0.3) is 6.08 Å². The molecule has 0 fully saturated rings. The molecule has 0 heterocycles. The molecule has 112 valence electrons. The fourth-order valence-corrected chi connectivity index (χ4v) is 2.11. The number of carbonyl (C=O) groups is 1. The molecule has 0 aromatic heterocycles. The largest absolute Gasteiger partial charge is 0.323 e. The Kier molecular flexibility index (Phi) is 5.26. The van der Waals surface area contributed by atoms with Crippen LogP contribution < -0.4 is 10.6 Å². The smallest absolute Gasteiger partial charge is 0.314 e. The third-order valence-electron chi connectivity index (χ3n) is 2.65. The first-order valence-electron chi connectivity index (χ1n) is 6.29. The van der Waals surface area contributed by atoms with Gasteiger partial charge in [0.25, 0.3) is 5.69 Å². The molecule has 0 unspecified atom stereocenters. The van der Waals surface area contributed by atoms with Crippen molar-refractivity contribution in [2.45, 2.75) is 0 Å². The zero-order valence-electron chi connectivity index (χ0n) is 11.3. The van der Waals surface area contributed by atoms with E-state index in [1.807, 2.05) is 24.3 Å². The van der Waals surface area contributed by atoms with Gasteiger partial charge in [-0.15, -0.1) is 0 Å². The highest BCUT2D eigenvalue weighted by Crippen LogP contribution is 2.16. The van der Waals surface area contributed by atoms with E-state index in [1.54, 1.807) is 12.1 Å². The highest BCUT2D eigenvalue weighted by Gasteiger charge is 2.07. The van der Waals surface area contributed by atoms with E-state index in [-0.39, 0.29) is 5.69 Å². The van der Waals surface area contributed by atoms with Crippen molar-refractivity contribution in [1.82, 2.24) is 5.32 Å². The lowest BCUT2D eigenvalue weighted by atomic mass is 10.2. The molecule has 0 radical (unpaired) electrons. The minimum atomic E-state index is -0.518. The van der Waals surface area contributed by atoms with Crippen molar-refractivity contribution >= 4 is 39.4 Å². The minimum absolute atomic E-state index is 0.0810. The third kappa shape index (κ3) is 4.71. The predicted octanol–water partition coefficient (Wildman–Crippen LogP) is 4.15. The monoisotopic (exact) mass is 361 g/mol. The van der Waals surface area contributed by atoms with Gasteiger partial charge in [0.05, 0.1) is 4.92 Å². The van der Waals surface area contributed by atoms with Crippen molar-refractivity contribution in [2.24, 2.45) is 0 Å². The van der Waals surface area contributed by atoms with Crippen molar-refractivity contribution in [3.63, 3.8) is 0 Å². The number of nitrogens with one attached hydrogen (secondary N) is 2. The van der Waals surface area contributed by atoms with Crippen molar-refractivity contribution in [3.8, 4) is 0 Å². The second-order valence-electron chi connectivity index (χ2n) is 4.29. The number of rotatable bonds is 4. The average molecular weight is 362 g/mol. The van der Waals surface area contributed by atoms with E-state index in [9.17, 15) is 14.9 Å². The Labute approximate surface area is 135 Å². The van der Waals surface area contributed by atoms with Gasteiger partial charge in [0, 0.05) is 28.5 Å². The number of benzene rings is 2. The Morgan fingerprint density at radius 3 is 2.68 bits per heavy atom. The number of hydrogen-bond donors (Lipinski definition) is 2. The molecule has 0 atom stereocenters. The Balaban J connectivity index is 1.93. The zero-order chi connectivity index (χ0) is 15.9. The molecule has 0 bridgehead atoms. The number of non-ortho nitro benzene ring substituents is 1. The third-order valence-corrected chi connectivity index (χ3v) is 3.15. The summed E-state index contributed by atoms with van der Waals surface area (Å²) in [7, 11) is 0. The van der Waals surface area contributed by atoms with E-state index in [0.29, 0.717) is 5.69 Å². The summed E-state index contributed by atoms with van der Waals surface area (Å²) in [5, 5.41) is 15.7. The van der Waals surface area contributed by atoms with Gasteiger partial charge in [-0.05, 0) is 29.8 Å². The molecular weight excluding hydrogens is 350 g/mol. The molecule has 2 aromatic carbocycles. The number of halogens is 1. The van der Waals surface area contributed by atoms with Gasteiger partial charge in [0.15, 0.2) is 0 Å². The summed E-state index contributed by atoms with van der Waals surface area (Å²) in [6, 6.07) is 12.8. The van der Waals surface area contributed by atoms with Gasteiger partial charge in [-0.25, -0.2) is 4.79 Å². The number of hydrogen-bond acceptors (Lipinski definition) is 3. The van der Waals surface area contributed by atoms with Gasteiger partial charge in [0.1, 0.15) is 0 Å². The van der Waals surface area contributed by atoms with Gasteiger partial charge in [-0.2, -0.15) is 0 Å². The van der Waals surface area contributed by atoms with Crippen LogP contribution in [0.1, 0.15) is 5.56 Å². The van der Waals surface area contributed by atoms with Crippen LogP contribution in [0.2, 0.25) is 0 Å². The molecule has 0 aliphatic heterocycles. The number of nitro groups is 1. The maximum absolute atomic E-state index is 11.7. The van der Waals surface area contributed by atoms with E-state index in [2.05, 4.69) is 26.6 Å². The first-order chi connectivity index (χ1) is 10.5. The van der Waals surface area contributed by atoms with Crippen molar-refractivity contribution in [3.05, 3.63) is 74.9 Å². The summed E-state index contributed by atoms with van der Waals surface area (Å²) >= 11 is 3.36. The molecule has 2 N–H and O–H groups in total. The van der Waals surface area contributed by atoms with Gasteiger partial charge in [0.2, 0.25) is 0 Å². The molecule has 7 heteroatoms. The number of anilines is 1. The van der Waals surface area contributed by atoms with Gasteiger partial charge >= 0.3 is 6.03 Å². The Morgan fingerprint density at radius 2 is 1.95 bits per heavy atom. The van der Waals surface area contributed by atoms with Crippen LogP contribution >= 0.6 is 15.9 Å². The average Bonchev–Trinajstić information content (AvgIpc) is 2.47. The quantitative estimate of drug-likeness (QED) is 0.633. The van der Waals surface area contributed by atoms with Crippen molar-refractivity contribution in [1.29, 1.82) is 0 Å². The van der Waals surface area contributed by atoms with E-state index in [0.717, 1.165) is 10.0 Å². The highest BCUT2D eigenvalue weighted by molar-refractivity contribution is 9.10. The summed E-state index contributed by atoms with van der Waals surface area (Å²) in [6.07, 6.45) is 3.23. The lowest BCUT2D eigenvalue weighted by Gasteiger charge is -2.04. The molecule has 22 heavy (non-hydrogen) atoms. The zero-order valence-corrected chi connectivity index (χ0v) is 12.9. The van der Waals surface area contributed by atoms with Crippen LogP contribution in [0.15, 0.2) is 59.2 Å². The molecule has 2 rings (SSSR count). The Morgan fingerprint density at radius 1 is 1.18 bits per heavy atom. The second-order valence-corrected chi connectivity index (χ2v) is 5.21. The molecule has 0 aliphatic carbocycles. The number of amides is 2. The first-order valence-corrected chi connectivity index (χ1v) is 7.08. The first kappa shape index (κ1) is 15.7. The molecule has 0 spiro atoms. The predicted molar refractivity (Wildman–Crippen MR) is 88.4 cm³/mol. The van der Waals surface area contributed by atoms with Crippen LogP contribution in [0.5, 0.6) is 0 Å². The van der Waals surface area contributed by atoms with Crippen molar-refractivity contribution in [2.75, 3.05) is 5.32 Å². The normalized spacial score (nSPS) is 10.4. The number of carbonyl (C=O) groups excluding carboxylic acids is 1.